The van der Waals surface area contributed by atoms with Crippen LogP contribution in [0, 0.1) is 0 Å². The predicted octanol–water partition coefficient (Wildman–Crippen LogP) is 4.09. The molecule has 1 unspecified atom stereocenters. The predicted molar refractivity (Wildman–Crippen MR) is 90.0 cm³/mol. The largest absolute Gasteiger partial charge is 0.497 e. The zero-order valence-electron chi connectivity index (χ0n) is 12.9. The van der Waals surface area contributed by atoms with Crippen molar-refractivity contribution in [2.75, 3.05) is 7.11 Å². The highest BCUT2D eigenvalue weighted by molar-refractivity contribution is 5.78. The van der Waals surface area contributed by atoms with Crippen molar-refractivity contribution in [3.63, 3.8) is 0 Å². The molecule has 0 bridgehead atoms. The lowest BCUT2D eigenvalue weighted by molar-refractivity contribution is 0.413. The van der Waals surface area contributed by atoms with E-state index in [-0.39, 0.29) is 6.04 Å². The minimum absolute atomic E-state index is 0.239. The lowest BCUT2D eigenvalue weighted by Gasteiger charge is -2.15. The summed E-state index contributed by atoms with van der Waals surface area (Å²) in [5.74, 6) is 0.884. The fourth-order valence-electron chi connectivity index (χ4n) is 2.49. The van der Waals surface area contributed by atoms with E-state index in [4.69, 9.17) is 4.74 Å². The van der Waals surface area contributed by atoms with E-state index in [2.05, 4.69) is 47.6 Å². The SMILES string of the molecule is COc1cccc(C(C)NCc2ccc3ccccc3n2)c1. The molecule has 0 aliphatic heterocycles. The Morgan fingerprint density at radius 3 is 2.77 bits per heavy atom. The number of benzene rings is 2. The molecule has 0 spiro atoms. The first-order valence-corrected chi connectivity index (χ1v) is 7.48. The average Bonchev–Trinajstić information content (AvgIpc) is 2.59. The molecule has 0 amide bonds. The van der Waals surface area contributed by atoms with Gasteiger partial charge in [-0.2, -0.15) is 0 Å². The van der Waals surface area contributed by atoms with Crippen molar-refractivity contribution in [2.24, 2.45) is 0 Å². The van der Waals surface area contributed by atoms with E-state index in [0.29, 0.717) is 0 Å². The van der Waals surface area contributed by atoms with Gasteiger partial charge in [-0.3, -0.25) is 4.98 Å². The molecule has 0 fully saturated rings. The highest BCUT2D eigenvalue weighted by atomic mass is 16.5. The zero-order chi connectivity index (χ0) is 15.4. The first-order valence-electron chi connectivity index (χ1n) is 7.48. The van der Waals surface area contributed by atoms with Crippen LogP contribution in [0.25, 0.3) is 10.9 Å². The molecule has 3 aromatic rings. The Labute approximate surface area is 131 Å². The normalized spacial score (nSPS) is 12.3. The van der Waals surface area contributed by atoms with E-state index >= 15 is 0 Å². The van der Waals surface area contributed by atoms with Gasteiger partial charge < -0.3 is 10.1 Å². The Hall–Kier alpha value is -2.39. The molecule has 1 heterocycles. The number of nitrogens with zero attached hydrogens (tertiary/aromatic N) is 1. The Morgan fingerprint density at radius 1 is 1.05 bits per heavy atom. The number of hydrogen-bond donors (Lipinski definition) is 1. The lowest BCUT2D eigenvalue weighted by atomic mass is 10.1. The van der Waals surface area contributed by atoms with Crippen LogP contribution in [0.4, 0.5) is 0 Å². The van der Waals surface area contributed by atoms with Crippen LogP contribution in [0.1, 0.15) is 24.2 Å². The second-order valence-electron chi connectivity index (χ2n) is 5.37. The van der Waals surface area contributed by atoms with Crippen LogP contribution in [0.2, 0.25) is 0 Å². The smallest absolute Gasteiger partial charge is 0.119 e. The number of rotatable bonds is 5. The summed E-state index contributed by atoms with van der Waals surface area (Å²) in [4.78, 5) is 4.69. The lowest BCUT2D eigenvalue weighted by Crippen LogP contribution is -2.18. The summed E-state index contributed by atoms with van der Waals surface area (Å²) in [5, 5.41) is 4.69. The molecule has 22 heavy (non-hydrogen) atoms. The van der Waals surface area contributed by atoms with Crippen LogP contribution < -0.4 is 10.1 Å². The van der Waals surface area contributed by atoms with Gasteiger partial charge in [0.05, 0.1) is 18.3 Å². The van der Waals surface area contributed by atoms with Gasteiger partial charge in [0, 0.05) is 18.0 Å². The van der Waals surface area contributed by atoms with E-state index in [0.717, 1.165) is 23.5 Å². The molecular weight excluding hydrogens is 272 g/mol. The molecule has 1 aromatic heterocycles. The molecule has 0 saturated carbocycles. The molecule has 1 N–H and O–H groups in total. The summed E-state index contributed by atoms with van der Waals surface area (Å²) < 4.78 is 5.28. The number of methoxy groups -OCH3 is 1. The standard InChI is InChI=1S/C19H20N2O/c1-14(16-7-5-8-18(12-16)22-2)20-13-17-11-10-15-6-3-4-9-19(15)21-17/h3-12,14,20H,13H2,1-2H3. The highest BCUT2D eigenvalue weighted by Gasteiger charge is 2.06. The van der Waals surface area contributed by atoms with Gasteiger partial charge in [-0.05, 0) is 36.8 Å². The Kier molecular flexibility index (Phi) is 4.35. The molecule has 0 aliphatic rings. The van der Waals surface area contributed by atoms with E-state index in [1.807, 2.05) is 30.3 Å². The Balaban J connectivity index is 1.70. The number of nitrogens with one attached hydrogen (secondary N) is 1. The minimum atomic E-state index is 0.239. The van der Waals surface area contributed by atoms with Crippen LogP contribution in [-0.4, -0.2) is 12.1 Å². The molecule has 0 saturated heterocycles. The molecule has 1 atom stereocenters. The van der Waals surface area contributed by atoms with Gasteiger partial charge >= 0.3 is 0 Å². The molecule has 3 rings (SSSR count). The van der Waals surface area contributed by atoms with Crippen molar-refractivity contribution in [3.8, 4) is 5.75 Å². The molecule has 2 aromatic carbocycles. The van der Waals surface area contributed by atoms with Crippen LogP contribution >= 0.6 is 0 Å². The van der Waals surface area contributed by atoms with Gasteiger partial charge in [-0.15, -0.1) is 0 Å². The van der Waals surface area contributed by atoms with Crippen molar-refractivity contribution >= 4 is 10.9 Å². The van der Waals surface area contributed by atoms with Crippen LogP contribution in [-0.2, 0) is 6.54 Å². The third-order valence-corrected chi connectivity index (χ3v) is 3.84. The van der Waals surface area contributed by atoms with Crippen molar-refractivity contribution in [3.05, 3.63) is 71.9 Å². The van der Waals surface area contributed by atoms with Gasteiger partial charge in [0.2, 0.25) is 0 Å². The molecule has 0 aliphatic carbocycles. The summed E-state index contributed by atoms with van der Waals surface area (Å²) in [6.45, 7) is 2.89. The average molecular weight is 292 g/mol. The molecule has 3 heteroatoms. The van der Waals surface area contributed by atoms with E-state index in [1.54, 1.807) is 7.11 Å². The zero-order valence-corrected chi connectivity index (χ0v) is 12.9. The Bertz CT molecular complexity index is 770. The van der Waals surface area contributed by atoms with Gasteiger partial charge in [-0.1, -0.05) is 36.4 Å². The van der Waals surface area contributed by atoms with Crippen LogP contribution in [0.5, 0.6) is 5.75 Å². The van der Waals surface area contributed by atoms with E-state index < -0.39 is 0 Å². The van der Waals surface area contributed by atoms with Crippen molar-refractivity contribution in [1.82, 2.24) is 10.3 Å². The third kappa shape index (κ3) is 3.26. The minimum Gasteiger partial charge on any atom is -0.497 e. The summed E-state index contributed by atoms with van der Waals surface area (Å²) in [6.07, 6.45) is 0. The number of pyridine rings is 1. The number of para-hydroxylation sites is 1. The summed E-state index contributed by atoms with van der Waals surface area (Å²) >= 11 is 0. The van der Waals surface area contributed by atoms with Gasteiger partial charge in [0.25, 0.3) is 0 Å². The van der Waals surface area contributed by atoms with Crippen LogP contribution in [0.15, 0.2) is 60.7 Å². The summed E-state index contributed by atoms with van der Waals surface area (Å²) in [6, 6.07) is 20.8. The monoisotopic (exact) mass is 292 g/mol. The van der Waals surface area contributed by atoms with E-state index in [9.17, 15) is 0 Å². The maximum absolute atomic E-state index is 5.28. The van der Waals surface area contributed by atoms with Gasteiger partial charge in [0.15, 0.2) is 0 Å². The number of aromatic nitrogens is 1. The summed E-state index contributed by atoms with van der Waals surface area (Å²) in [5.41, 5.74) is 3.30. The maximum Gasteiger partial charge on any atom is 0.119 e. The topological polar surface area (TPSA) is 34.1 Å². The highest BCUT2D eigenvalue weighted by Crippen LogP contribution is 2.19. The van der Waals surface area contributed by atoms with Crippen molar-refractivity contribution in [1.29, 1.82) is 0 Å². The summed E-state index contributed by atoms with van der Waals surface area (Å²) in [7, 11) is 1.69. The third-order valence-electron chi connectivity index (χ3n) is 3.84. The second-order valence-corrected chi connectivity index (χ2v) is 5.37. The maximum atomic E-state index is 5.28. The Morgan fingerprint density at radius 2 is 1.91 bits per heavy atom. The number of ether oxygens (including phenoxy) is 1. The number of hydrogen-bond acceptors (Lipinski definition) is 3. The quantitative estimate of drug-likeness (QED) is 0.769. The molecular formula is C19H20N2O. The first kappa shape index (κ1) is 14.5. The fraction of sp³-hybridized carbons (Fsp3) is 0.211. The fourth-order valence-corrected chi connectivity index (χ4v) is 2.49. The van der Waals surface area contributed by atoms with Gasteiger partial charge in [0.1, 0.15) is 5.75 Å². The molecule has 3 nitrogen and oxygen atoms in total. The molecule has 112 valence electrons. The number of fused-ring (bicyclic) bond motifs is 1. The van der Waals surface area contributed by atoms with E-state index in [1.165, 1.54) is 10.9 Å². The van der Waals surface area contributed by atoms with Gasteiger partial charge in [-0.25, -0.2) is 0 Å². The van der Waals surface area contributed by atoms with Crippen molar-refractivity contribution in [2.45, 2.75) is 19.5 Å². The second kappa shape index (κ2) is 6.58. The molecule has 0 radical (unpaired) electrons. The first-order chi connectivity index (χ1) is 10.8. The van der Waals surface area contributed by atoms with Crippen LogP contribution in [0.3, 0.4) is 0 Å². The van der Waals surface area contributed by atoms with Crippen molar-refractivity contribution < 1.29 is 4.74 Å².